The van der Waals surface area contributed by atoms with E-state index in [1.807, 2.05) is 31.2 Å². The number of benzene rings is 2. The van der Waals surface area contributed by atoms with E-state index in [-0.39, 0.29) is 6.04 Å². The van der Waals surface area contributed by atoms with Gasteiger partial charge in [0.1, 0.15) is 5.75 Å². The number of methoxy groups -OCH3 is 1. The van der Waals surface area contributed by atoms with Crippen LogP contribution in [0.4, 0.5) is 5.69 Å². The van der Waals surface area contributed by atoms with Gasteiger partial charge in [-0.25, -0.2) is 0 Å². The lowest BCUT2D eigenvalue weighted by molar-refractivity contribution is 0.415. The number of halogens is 3. The fourth-order valence-corrected chi connectivity index (χ4v) is 3.33. The summed E-state index contributed by atoms with van der Waals surface area (Å²) in [5.41, 5.74) is 3.04. The molecular weight excluding hydrogens is 373 g/mol. The Balaban J connectivity index is 2.33. The molecule has 0 aromatic heterocycles. The van der Waals surface area contributed by atoms with Crippen molar-refractivity contribution in [3.05, 3.63) is 56.0 Å². The highest BCUT2D eigenvalue weighted by Crippen LogP contribution is 2.36. The second kappa shape index (κ2) is 6.91. The molecular formula is C16H16BrCl2NO. The van der Waals surface area contributed by atoms with Gasteiger partial charge < -0.3 is 10.1 Å². The minimum absolute atomic E-state index is 0.0311. The average molecular weight is 389 g/mol. The number of aryl methyl sites for hydroxylation is 1. The fourth-order valence-electron chi connectivity index (χ4n) is 2.21. The molecule has 0 radical (unpaired) electrons. The van der Waals surface area contributed by atoms with E-state index in [0.29, 0.717) is 10.0 Å². The first-order chi connectivity index (χ1) is 9.92. The summed E-state index contributed by atoms with van der Waals surface area (Å²) < 4.78 is 6.43. The highest BCUT2D eigenvalue weighted by molar-refractivity contribution is 9.10. The summed E-state index contributed by atoms with van der Waals surface area (Å²) in [7, 11) is 1.66. The van der Waals surface area contributed by atoms with E-state index >= 15 is 0 Å². The Morgan fingerprint density at radius 2 is 1.90 bits per heavy atom. The van der Waals surface area contributed by atoms with Crippen LogP contribution in [0, 0.1) is 6.92 Å². The highest BCUT2D eigenvalue weighted by atomic mass is 79.9. The van der Waals surface area contributed by atoms with Gasteiger partial charge in [-0.15, -0.1) is 0 Å². The molecule has 21 heavy (non-hydrogen) atoms. The third-order valence-electron chi connectivity index (χ3n) is 3.27. The molecule has 0 saturated carbocycles. The topological polar surface area (TPSA) is 21.3 Å². The third kappa shape index (κ3) is 3.85. The van der Waals surface area contributed by atoms with Crippen LogP contribution in [0.5, 0.6) is 5.75 Å². The van der Waals surface area contributed by atoms with Crippen molar-refractivity contribution in [2.75, 3.05) is 12.4 Å². The summed E-state index contributed by atoms with van der Waals surface area (Å²) in [5, 5.41) is 4.74. The van der Waals surface area contributed by atoms with E-state index in [1.54, 1.807) is 13.2 Å². The van der Waals surface area contributed by atoms with E-state index in [0.717, 1.165) is 27.0 Å². The maximum Gasteiger partial charge on any atom is 0.143 e. The van der Waals surface area contributed by atoms with Gasteiger partial charge in [0.05, 0.1) is 18.8 Å². The van der Waals surface area contributed by atoms with E-state index in [9.17, 15) is 0 Å². The van der Waals surface area contributed by atoms with Crippen LogP contribution >= 0.6 is 39.1 Å². The molecule has 112 valence electrons. The van der Waals surface area contributed by atoms with Gasteiger partial charge in [0.2, 0.25) is 0 Å². The van der Waals surface area contributed by atoms with Crippen LogP contribution in [0.15, 0.2) is 34.8 Å². The lowest BCUT2D eigenvalue weighted by Gasteiger charge is -2.21. The van der Waals surface area contributed by atoms with Crippen molar-refractivity contribution in [2.45, 2.75) is 19.9 Å². The van der Waals surface area contributed by atoms with Crippen LogP contribution in [0.3, 0.4) is 0 Å². The van der Waals surface area contributed by atoms with Crippen molar-refractivity contribution < 1.29 is 4.74 Å². The lowest BCUT2D eigenvalue weighted by atomic mass is 10.1. The van der Waals surface area contributed by atoms with Crippen molar-refractivity contribution in [1.82, 2.24) is 0 Å². The zero-order valence-corrected chi connectivity index (χ0v) is 15.1. The molecule has 0 aliphatic carbocycles. The number of nitrogens with one attached hydrogen (secondary N) is 1. The predicted octanol–water partition coefficient (Wildman–Crippen LogP) is 6.25. The van der Waals surface area contributed by atoms with Crippen LogP contribution in [0.25, 0.3) is 0 Å². The highest BCUT2D eigenvalue weighted by Gasteiger charge is 2.14. The average Bonchev–Trinajstić information content (AvgIpc) is 2.41. The standard InChI is InChI=1S/C16H16BrCl2NO/c1-9-6-11(17)7-15(21-3)16(9)20-10(2)13-5-4-12(18)8-14(13)19/h4-8,10,20H,1-3H3. The summed E-state index contributed by atoms with van der Waals surface area (Å²) >= 11 is 15.7. The van der Waals surface area contributed by atoms with Crippen molar-refractivity contribution in [2.24, 2.45) is 0 Å². The Morgan fingerprint density at radius 1 is 1.19 bits per heavy atom. The van der Waals surface area contributed by atoms with Crippen LogP contribution in [0.2, 0.25) is 10.0 Å². The monoisotopic (exact) mass is 387 g/mol. The van der Waals surface area contributed by atoms with Crippen LogP contribution in [-0.4, -0.2) is 7.11 Å². The molecule has 2 nitrogen and oxygen atoms in total. The van der Waals surface area contributed by atoms with Gasteiger partial charge in [-0.05, 0) is 49.2 Å². The van der Waals surface area contributed by atoms with Gasteiger partial charge in [0, 0.05) is 14.5 Å². The number of anilines is 1. The Kier molecular flexibility index (Phi) is 5.42. The third-order valence-corrected chi connectivity index (χ3v) is 4.29. The maximum atomic E-state index is 6.27. The minimum Gasteiger partial charge on any atom is -0.495 e. The number of hydrogen-bond acceptors (Lipinski definition) is 2. The first-order valence-electron chi connectivity index (χ1n) is 6.48. The molecule has 0 spiro atoms. The zero-order chi connectivity index (χ0) is 15.6. The van der Waals surface area contributed by atoms with E-state index in [4.69, 9.17) is 27.9 Å². The number of rotatable bonds is 4. The number of ether oxygens (including phenoxy) is 1. The first kappa shape index (κ1) is 16.5. The Labute approximate surface area is 143 Å². The second-order valence-corrected chi connectivity index (χ2v) is 6.59. The minimum atomic E-state index is 0.0311. The molecule has 0 aliphatic heterocycles. The van der Waals surface area contributed by atoms with Gasteiger partial charge in [0.25, 0.3) is 0 Å². The van der Waals surface area contributed by atoms with Crippen LogP contribution < -0.4 is 10.1 Å². The predicted molar refractivity (Wildman–Crippen MR) is 93.9 cm³/mol. The Hall–Kier alpha value is -0.900. The Morgan fingerprint density at radius 3 is 2.52 bits per heavy atom. The van der Waals surface area contributed by atoms with Crippen molar-refractivity contribution in [3.8, 4) is 5.75 Å². The zero-order valence-electron chi connectivity index (χ0n) is 12.0. The van der Waals surface area contributed by atoms with Gasteiger partial charge in [-0.1, -0.05) is 45.2 Å². The van der Waals surface area contributed by atoms with Crippen molar-refractivity contribution >= 4 is 44.8 Å². The molecule has 2 rings (SSSR count). The smallest absolute Gasteiger partial charge is 0.143 e. The van der Waals surface area contributed by atoms with Gasteiger partial charge in [0.15, 0.2) is 0 Å². The quantitative estimate of drug-likeness (QED) is 0.668. The molecule has 0 saturated heterocycles. The lowest BCUT2D eigenvalue weighted by Crippen LogP contribution is -2.09. The SMILES string of the molecule is COc1cc(Br)cc(C)c1NC(C)c1ccc(Cl)cc1Cl. The summed E-state index contributed by atoms with van der Waals surface area (Å²) in [4.78, 5) is 0. The molecule has 1 unspecified atom stereocenters. The molecule has 2 aromatic rings. The van der Waals surface area contributed by atoms with E-state index in [2.05, 4.69) is 28.2 Å². The normalized spacial score (nSPS) is 12.1. The number of hydrogen-bond donors (Lipinski definition) is 1. The fraction of sp³-hybridized carbons (Fsp3) is 0.250. The van der Waals surface area contributed by atoms with Gasteiger partial charge >= 0.3 is 0 Å². The summed E-state index contributed by atoms with van der Waals surface area (Å²) in [6.07, 6.45) is 0. The van der Waals surface area contributed by atoms with Crippen LogP contribution in [-0.2, 0) is 0 Å². The molecule has 1 N–H and O–H groups in total. The van der Waals surface area contributed by atoms with Crippen LogP contribution in [0.1, 0.15) is 24.1 Å². The Bertz CT molecular complexity index is 661. The molecule has 0 heterocycles. The van der Waals surface area contributed by atoms with E-state index < -0.39 is 0 Å². The van der Waals surface area contributed by atoms with Crippen molar-refractivity contribution in [1.29, 1.82) is 0 Å². The van der Waals surface area contributed by atoms with Gasteiger partial charge in [-0.3, -0.25) is 0 Å². The molecule has 0 bridgehead atoms. The first-order valence-corrected chi connectivity index (χ1v) is 8.03. The summed E-state index contributed by atoms with van der Waals surface area (Å²) in [6, 6.07) is 9.54. The molecule has 1 atom stereocenters. The summed E-state index contributed by atoms with van der Waals surface area (Å²) in [5.74, 6) is 0.791. The molecule has 0 aliphatic rings. The molecule has 0 amide bonds. The molecule has 2 aromatic carbocycles. The molecule has 5 heteroatoms. The summed E-state index contributed by atoms with van der Waals surface area (Å²) in [6.45, 7) is 4.09. The largest absolute Gasteiger partial charge is 0.495 e. The maximum absolute atomic E-state index is 6.27. The second-order valence-electron chi connectivity index (χ2n) is 4.83. The van der Waals surface area contributed by atoms with Crippen molar-refractivity contribution in [3.63, 3.8) is 0 Å². The van der Waals surface area contributed by atoms with Gasteiger partial charge in [-0.2, -0.15) is 0 Å². The molecule has 0 fully saturated rings. The van der Waals surface area contributed by atoms with E-state index in [1.165, 1.54) is 0 Å².